The number of rotatable bonds is 2. The lowest BCUT2D eigenvalue weighted by Gasteiger charge is -2.08. The van der Waals surface area contributed by atoms with Crippen molar-refractivity contribution in [3.05, 3.63) is 35.3 Å². The number of hydrogen-bond acceptors (Lipinski definition) is 6. The average Bonchev–Trinajstić information content (AvgIpc) is 2.80. The first-order valence-electron chi connectivity index (χ1n) is 5.75. The zero-order chi connectivity index (χ0) is 14.4. The molecule has 0 bridgehead atoms. The summed E-state index contributed by atoms with van der Waals surface area (Å²) in [5.74, 6) is -1.000. The molecule has 6 nitrogen and oxygen atoms in total. The number of fused-ring (bicyclic) bond motifs is 3. The van der Waals surface area contributed by atoms with Gasteiger partial charge >= 0.3 is 0 Å². The molecule has 102 valence electrons. The summed E-state index contributed by atoms with van der Waals surface area (Å²) >= 11 is 0. The van der Waals surface area contributed by atoms with Gasteiger partial charge in [0.25, 0.3) is 5.78 Å². The van der Waals surface area contributed by atoms with Gasteiger partial charge in [-0.25, -0.2) is 0 Å². The second-order valence-corrected chi connectivity index (χ2v) is 4.23. The average molecular weight is 274 g/mol. The molecule has 1 N–H and O–H groups in total. The highest BCUT2D eigenvalue weighted by Gasteiger charge is 2.33. The molecule has 0 spiro atoms. The van der Waals surface area contributed by atoms with Crippen molar-refractivity contribution in [1.29, 1.82) is 0 Å². The molecule has 1 aliphatic rings. The van der Waals surface area contributed by atoms with Gasteiger partial charge in [0, 0.05) is 17.5 Å². The first kappa shape index (κ1) is 12.3. The lowest BCUT2D eigenvalue weighted by atomic mass is 9.98. The van der Waals surface area contributed by atoms with Crippen molar-refractivity contribution in [3.63, 3.8) is 0 Å². The normalized spacial score (nSPS) is 14.2. The van der Waals surface area contributed by atoms with E-state index in [9.17, 15) is 14.7 Å². The van der Waals surface area contributed by atoms with Crippen LogP contribution in [0.5, 0.6) is 11.5 Å². The summed E-state index contributed by atoms with van der Waals surface area (Å²) in [6, 6.07) is 2.77. The van der Waals surface area contributed by atoms with E-state index in [1.807, 2.05) is 0 Å². The van der Waals surface area contributed by atoms with Crippen LogP contribution in [0, 0.1) is 0 Å². The molecule has 0 amide bonds. The SMILES string of the molecule is COC1=CC(=O)c2c(oc3cc(OC)c(O)cc23)C1=O. The Bertz CT molecular complexity index is 781. The van der Waals surface area contributed by atoms with Gasteiger partial charge in [0.15, 0.2) is 28.8 Å². The minimum absolute atomic E-state index is 0.0715. The monoisotopic (exact) mass is 274 g/mol. The van der Waals surface area contributed by atoms with E-state index in [0.29, 0.717) is 5.39 Å². The number of carbonyl (C=O) groups excluding carboxylic acids is 2. The standard InChI is InChI=1S/C14H10O6/c1-18-10-5-9-6(3-7(10)15)12-8(16)4-11(19-2)13(17)14(12)20-9/h3-5,15H,1-2H3. The Labute approximate surface area is 113 Å². The number of ketones is 2. The number of ether oxygens (including phenoxy) is 2. The van der Waals surface area contributed by atoms with Crippen LogP contribution in [0.4, 0.5) is 0 Å². The number of Topliss-reactive ketones (excluding diaryl/α,β-unsaturated/α-hetero) is 1. The molecular formula is C14H10O6. The molecule has 0 atom stereocenters. The van der Waals surface area contributed by atoms with Gasteiger partial charge in [-0.1, -0.05) is 0 Å². The zero-order valence-corrected chi connectivity index (χ0v) is 10.7. The molecule has 6 heteroatoms. The van der Waals surface area contributed by atoms with Gasteiger partial charge < -0.3 is 19.0 Å². The van der Waals surface area contributed by atoms with Crippen molar-refractivity contribution in [3.8, 4) is 11.5 Å². The second-order valence-electron chi connectivity index (χ2n) is 4.23. The highest BCUT2D eigenvalue weighted by molar-refractivity contribution is 6.27. The van der Waals surface area contributed by atoms with Crippen molar-refractivity contribution in [2.75, 3.05) is 14.2 Å². The van der Waals surface area contributed by atoms with Crippen LogP contribution in [0.2, 0.25) is 0 Å². The Morgan fingerprint density at radius 2 is 1.90 bits per heavy atom. The Balaban J connectivity index is 2.31. The van der Waals surface area contributed by atoms with Gasteiger partial charge in [-0.2, -0.15) is 0 Å². The minimum atomic E-state index is -0.503. The molecular weight excluding hydrogens is 264 g/mol. The first-order chi connectivity index (χ1) is 9.56. The highest BCUT2D eigenvalue weighted by Crippen LogP contribution is 2.38. The van der Waals surface area contributed by atoms with Crippen molar-refractivity contribution in [2.45, 2.75) is 0 Å². The van der Waals surface area contributed by atoms with E-state index >= 15 is 0 Å². The summed E-state index contributed by atoms with van der Waals surface area (Å²) in [5.41, 5.74) is 0.417. The van der Waals surface area contributed by atoms with E-state index in [-0.39, 0.29) is 34.2 Å². The molecule has 0 radical (unpaired) electrons. The number of allylic oxidation sites excluding steroid dienone is 2. The molecule has 0 fully saturated rings. The van der Waals surface area contributed by atoms with Crippen LogP contribution in [0.1, 0.15) is 20.9 Å². The molecule has 20 heavy (non-hydrogen) atoms. The number of hydrogen-bond donors (Lipinski definition) is 1. The van der Waals surface area contributed by atoms with Gasteiger partial charge in [-0.3, -0.25) is 9.59 Å². The summed E-state index contributed by atoms with van der Waals surface area (Å²) in [6.07, 6.45) is 1.11. The maximum Gasteiger partial charge on any atom is 0.263 e. The highest BCUT2D eigenvalue weighted by atomic mass is 16.5. The second kappa shape index (κ2) is 4.12. The van der Waals surface area contributed by atoms with E-state index in [2.05, 4.69) is 0 Å². The van der Waals surface area contributed by atoms with E-state index in [1.165, 1.54) is 26.4 Å². The molecule has 0 saturated heterocycles. The molecule has 3 rings (SSSR count). The molecule has 1 aromatic heterocycles. The number of furan rings is 1. The molecule has 1 aliphatic carbocycles. The third kappa shape index (κ3) is 1.51. The van der Waals surface area contributed by atoms with E-state index in [4.69, 9.17) is 13.9 Å². The quantitative estimate of drug-likeness (QED) is 0.902. The lowest BCUT2D eigenvalue weighted by molar-refractivity contribution is 0.0894. The zero-order valence-electron chi connectivity index (χ0n) is 10.7. The van der Waals surface area contributed by atoms with E-state index in [1.54, 1.807) is 0 Å². The molecule has 1 aromatic carbocycles. The maximum absolute atomic E-state index is 12.1. The number of carbonyl (C=O) groups is 2. The fourth-order valence-electron chi connectivity index (χ4n) is 2.20. The van der Waals surface area contributed by atoms with Gasteiger partial charge in [-0.15, -0.1) is 0 Å². The van der Waals surface area contributed by atoms with Gasteiger partial charge in [-0.05, 0) is 6.07 Å². The molecule has 0 saturated carbocycles. The van der Waals surface area contributed by atoms with E-state index in [0.717, 1.165) is 6.08 Å². The minimum Gasteiger partial charge on any atom is -0.504 e. The van der Waals surface area contributed by atoms with Crippen molar-refractivity contribution in [1.82, 2.24) is 0 Å². The topological polar surface area (TPSA) is 86.0 Å². The molecule has 2 aromatic rings. The largest absolute Gasteiger partial charge is 0.504 e. The number of methoxy groups -OCH3 is 2. The molecule has 0 aliphatic heterocycles. The van der Waals surface area contributed by atoms with Gasteiger partial charge in [0.1, 0.15) is 5.58 Å². The van der Waals surface area contributed by atoms with Gasteiger partial charge in [0.2, 0.25) is 0 Å². The van der Waals surface area contributed by atoms with Crippen LogP contribution >= 0.6 is 0 Å². The predicted molar refractivity (Wildman–Crippen MR) is 68.2 cm³/mol. The molecule has 1 heterocycles. The van der Waals surface area contributed by atoms with Gasteiger partial charge in [0.05, 0.1) is 19.8 Å². The van der Waals surface area contributed by atoms with E-state index < -0.39 is 11.6 Å². The summed E-state index contributed by atoms with van der Waals surface area (Å²) in [4.78, 5) is 24.1. The number of benzene rings is 1. The van der Waals surface area contributed by atoms with Crippen molar-refractivity contribution >= 4 is 22.5 Å². The van der Waals surface area contributed by atoms with Crippen LogP contribution < -0.4 is 4.74 Å². The fourth-order valence-corrected chi connectivity index (χ4v) is 2.20. The van der Waals surface area contributed by atoms with Crippen molar-refractivity contribution < 1.29 is 28.6 Å². The first-order valence-corrected chi connectivity index (χ1v) is 5.75. The number of phenols is 1. The molecule has 0 unspecified atom stereocenters. The lowest BCUT2D eigenvalue weighted by Crippen LogP contribution is -2.16. The summed E-state index contributed by atoms with van der Waals surface area (Å²) in [6.45, 7) is 0. The number of phenolic OH excluding ortho intramolecular Hbond substituents is 1. The van der Waals surface area contributed by atoms with Crippen LogP contribution in [0.15, 0.2) is 28.4 Å². The predicted octanol–water partition coefficient (Wildman–Crippen LogP) is 2.06. The third-order valence-corrected chi connectivity index (χ3v) is 3.15. The van der Waals surface area contributed by atoms with Crippen LogP contribution in [-0.4, -0.2) is 30.9 Å². The fraction of sp³-hybridized carbons (Fsp3) is 0.143. The Morgan fingerprint density at radius 1 is 1.15 bits per heavy atom. The van der Waals surface area contributed by atoms with Crippen LogP contribution in [0.3, 0.4) is 0 Å². The van der Waals surface area contributed by atoms with Crippen molar-refractivity contribution in [2.24, 2.45) is 0 Å². The summed E-state index contributed by atoms with van der Waals surface area (Å²) < 4.78 is 15.2. The maximum atomic E-state index is 12.1. The Hall–Kier alpha value is -2.76. The Kier molecular flexibility index (Phi) is 2.53. The number of aromatic hydroxyl groups is 1. The Morgan fingerprint density at radius 3 is 2.55 bits per heavy atom. The smallest absolute Gasteiger partial charge is 0.263 e. The summed E-state index contributed by atoms with van der Waals surface area (Å²) in [5, 5.41) is 10.1. The third-order valence-electron chi connectivity index (χ3n) is 3.15. The van der Waals surface area contributed by atoms with Crippen LogP contribution in [0.25, 0.3) is 11.0 Å². The summed E-state index contributed by atoms with van der Waals surface area (Å²) in [7, 11) is 2.70. The van der Waals surface area contributed by atoms with Crippen LogP contribution in [-0.2, 0) is 4.74 Å².